The van der Waals surface area contributed by atoms with Gasteiger partial charge in [-0.05, 0) is 36.6 Å². The van der Waals surface area contributed by atoms with Crippen LogP contribution in [0.3, 0.4) is 0 Å². The highest BCUT2D eigenvalue weighted by Gasteiger charge is 2.14. The standard InChI is InChI=1S/C18H22N4O2/c1-2-4-10-22(9-3-1)18-19-8-7-17(21-18)20-12-14-5-6-15-16(11-14)24-13-23-15/h5-8,11H,1-4,9-10,12-13H2,(H,19,20,21). The van der Waals surface area contributed by atoms with Gasteiger partial charge >= 0.3 is 0 Å². The van der Waals surface area contributed by atoms with Gasteiger partial charge in [-0.2, -0.15) is 4.98 Å². The molecule has 2 aliphatic heterocycles. The summed E-state index contributed by atoms with van der Waals surface area (Å²) in [6.45, 7) is 3.08. The molecule has 2 aromatic rings. The van der Waals surface area contributed by atoms with E-state index in [1.54, 1.807) is 0 Å². The molecule has 0 spiro atoms. The molecule has 0 atom stereocenters. The second-order valence-electron chi connectivity index (χ2n) is 6.18. The Morgan fingerprint density at radius 1 is 1.00 bits per heavy atom. The molecule has 0 unspecified atom stereocenters. The Morgan fingerprint density at radius 2 is 1.83 bits per heavy atom. The van der Waals surface area contributed by atoms with Crippen molar-refractivity contribution in [1.29, 1.82) is 0 Å². The fourth-order valence-electron chi connectivity index (χ4n) is 3.11. The minimum absolute atomic E-state index is 0.303. The van der Waals surface area contributed by atoms with Gasteiger partial charge in [0.2, 0.25) is 12.7 Å². The summed E-state index contributed by atoms with van der Waals surface area (Å²) in [6, 6.07) is 7.90. The molecular formula is C18H22N4O2. The van der Waals surface area contributed by atoms with Crippen LogP contribution in [0.25, 0.3) is 0 Å². The van der Waals surface area contributed by atoms with Crippen LogP contribution in [0.15, 0.2) is 30.5 Å². The van der Waals surface area contributed by atoms with Gasteiger partial charge in [0.15, 0.2) is 11.5 Å². The number of aromatic nitrogens is 2. The summed E-state index contributed by atoms with van der Waals surface area (Å²) in [6.07, 6.45) is 6.88. The van der Waals surface area contributed by atoms with Crippen molar-refractivity contribution >= 4 is 11.8 Å². The number of benzene rings is 1. The van der Waals surface area contributed by atoms with Gasteiger partial charge in [0.05, 0.1) is 0 Å². The fraction of sp³-hybridized carbons (Fsp3) is 0.444. The number of fused-ring (bicyclic) bond motifs is 1. The van der Waals surface area contributed by atoms with Gasteiger partial charge in [-0.1, -0.05) is 18.9 Å². The minimum Gasteiger partial charge on any atom is -0.454 e. The molecule has 1 N–H and O–H groups in total. The van der Waals surface area contributed by atoms with Crippen molar-refractivity contribution in [3.63, 3.8) is 0 Å². The lowest BCUT2D eigenvalue weighted by Gasteiger charge is -2.20. The van der Waals surface area contributed by atoms with E-state index in [0.29, 0.717) is 13.3 Å². The summed E-state index contributed by atoms with van der Waals surface area (Å²) in [5.41, 5.74) is 1.13. The zero-order valence-electron chi connectivity index (χ0n) is 13.7. The molecule has 0 bridgehead atoms. The number of hydrogen-bond donors (Lipinski definition) is 1. The van der Waals surface area contributed by atoms with E-state index in [0.717, 1.165) is 41.9 Å². The van der Waals surface area contributed by atoms with Crippen molar-refractivity contribution in [2.45, 2.75) is 32.2 Å². The Kier molecular flexibility index (Phi) is 4.36. The first-order valence-corrected chi connectivity index (χ1v) is 8.59. The van der Waals surface area contributed by atoms with Crippen molar-refractivity contribution in [1.82, 2.24) is 9.97 Å². The van der Waals surface area contributed by atoms with E-state index in [1.807, 2.05) is 30.5 Å². The van der Waals surface area contributed by atoms with Crippen LogP contribution in [0, 0.1) is 0 Å². The predicted molar refractivity (Wildman–Crippen MR) is 92.6 cm³/mol. The zero-order valence-corrected chi connectivity index (χ0v) is 13.7. The van der Waals surface area contributed by atoms with Crippen LogP contribution in [0.4, 0.5) is 11.8 Å². The maximum Gasteiger partial charge on any atom is 0.231 e. The summed E-state index contributed by atoms with van der Waals surface area (Å²) >= 11 is 0. The molecule has 4 rings (SSSR count). The Morgan fingerprint density at radius 3 is 2.71 bits per heavy atom. The number of ether oxygens (including phenoxy) is 2. The predicted octanol–water partition coefficient (Wildman–Crippen LogP) is 3.20. The van der Waals surface area contributed by atoms with Gasteiger partial charge < -0.3 is 19.7 Å². The molecule has 24 heavy (non-hydrogen) atoms. The summed E-state index contributed by atoms with van der Waals surface area (Å²) in [5, 5.41) is 3.37. The highest BCUT2D eigenvalue weighted by atomic mass is 16.7. The number of nitrogens with one attached hydrogen (secondary N) is 1. The van der Waals surface area contributed by atoms with Gasteiger partial charge in [-0.15, -0.1) is 0 Å². The van der Waals surface area contributed by atoms with Crippen LogP contribution in [-0.4, -0.2) is 29.9 Å². The molecule has 1 saturated heterocycles. The van der Waals surface area contributed by atoms with Crippen LogP contribution in [0.1, 0.15) is 31.2 Å². The van der Waals surface area contributed by atoms with E-state index < -0.39 is 0 Å². The van der Waals surface area contributed by atoms with Gasteiger partial charge in [0.25, 0.3) is 0 Å². The first-order valence-electron chi connectivity index (χ1n) is 8.59. The number of hydrogen-bond acceptors (Lipinski definition) is 6. The third-order valence-electron chi connectivity index (χ3n) is 4.44. The van der Waals surface area contributed by atoms with Crippen LogP contribution >= 0.6 is 0 Å². The Balaban J connectivity index is 1.42. The smallest absolute Gasteiger partial charge is 0.231 e. The SMILES string of the molecule is c1cc(NCc2ccc3c(c2)OCO3)nc(N2CCCCCC2)n1. The molecule has 6 heteroatoms. The molecule has 1 fully saturated rings. The highest BCUT2D eigenvalue weighted by Crippen LogP contribution is 2.32. The third-order valence-corrected chi connectivity index (χ3v) is 4.44. The lowest BCUT2D eigenvalue weighted by molar-refractivity contribution is 0.174. The molecule has 0 amide bonds. The van der Waals surface area contributed by atoms with E-state index in [9.17, 15) is 0 Å². The van der Waals surface area contributed by atoms with Gasteiger partial charge in [-0.3, -0.25) is 0 Å². The van der Waals surface area contributed by atoms with Gasteiger partial charge in [0, 0.05) is 25.8 Å². The van der Waals surface area contributed by atoms with Gasteiger partial charge in [0.1, 0.15) is 5.82 Å². The van der Waals surface area contributed by atoms with Crippen molar-refractivity contribution in [3.05, 3.63) is 36.0 Å². The van der Waals surface area contributed by atoms with E-state index in [-0.39, 0.29) is 0 Å². The van der Waals surface area contributed by atoms with E-state index in [1.165, 1.54) is 25.7 Å². The van der Waals surface area contributed by atoms with E-state index in [4.69, 9.17) is 9.47 Å². The molecular weight excluding hydrogens is 304 g/mol. The van der Waals surface area contributed by atoms with Crippen LogP contribution < -0.4 is 19.7 Å². The van der Waals surface area contributed by atoms with Crippen LogP contribution in [0.5, 0.6) is 11.5 Å². The summed E-state index contributed by atoms with van der Waals surface area (Å²) in [5.74, 6) is 3.29. The van der Waals surface area contributed by atoms with Crippen LogP contribution in [0.2, 0.25) is 0 Å². The number of anilines is 2. The molecule has 0 saturated carbocycles. The first-order chi connectivity index (χ1) is 11.9. The molecule has 1 aromatic carbocycles. The maximum absolute atomic E-state index is 5.42. The average molecular weight is 326 g/mol. The highest BCUT2D eigenvalue weighted by molar-refractivity contribution is 5.46. The average Bonchev–Trinajstić information content (AvgIpc) is 2.92. The quantitative estimate of drug-likeness (QED) is 0.931. The lowest BCUT2D eigenvalue weighted by atomic mass is 10.2. The first kappa shape index (κ1) is 15.1. The molecule has 0 aliphatic carbocycles. The molecule has 1 aromatic heterocycles. The van der Waals surface area contributed by atoms with Crippen molar-refractivity contribution < 1.29 is 9.47 Å². The van der Waals surface area contributed by atoms with Crippen LogP contribution in [-0.2, 0) is 6.54 Å². The largest absolute Gasteiger partial charge is 0.454 e. The Bertz CT molecular complexity index is 699. The molecule has 126 valence electrons. The molecule has 6 nitrogen and oxygen atoms in total. The molecule has 3 heterocycles. The number of nitrogens with zero attached hydrogens (tertiary/aromatic N) is 3. The number of rotatable bonds is 4. The Hall–Kier alpha value is -2.50. The minimum atomic E-state index is 0.303. The van der Waals surface area contributed by atoms with E-state index in [2.05, 4.69) is 20.2 Å². The van der Waals surface area contributed by atoms with Crippen molar-refractivity contribution in [3.8, 4) is 11.5 Å². The zero-order chi connectivity index (χ0) is 16.2. The van der Waals surface area contributed by atoms with Crippen molar-refractivity contribution in [2.75, 3.05) is 30.1 Å². The molecule has 2 aliphatic rings. The maximum atomic E-state index is 5.42. The monoisotopic (exact) mass is 326 g/mol. The normalized spacial score (nSPS) is 16.8. The van der Waals surface area contributed by atoms with Gasteiger partial charge in [-0.25, -0.2) is 4.98 Å². The second kappa shape index (κ2) is 6.95. The topological polar surface area (TPSA) is 59.5 Å². The Labute approximate surface area is 141 Å². The molecule has 0 radical (unpaired) electrons. The fourth-order valence-corrected chi connectivity index (χ4v) is 3.11. The van der Waals surface area contributed by atoms with Crippen molar-refractivity contribution in [2.24, 2.45) is 0 Å². The summed E-state index contributed by atoms with van der Waals surface area (Å²) < 4.78 is 10.8. The lowest BCUT2D eigenvalue weighted by Crippen LogP contribution is -2.26. The van der Waals surface area contributed by atoms with E-state index >= 15 is 0 Å². The summed E-state index contributed by atoms with van der Waals surface area (Å²) in [4.78, 5) is 11.4. The summed E-state index contributed by atoms with van der Waals surface area (Å²) in [7, 11) is 0. The third kappa shape index (κ3) is 3.37. The second-order valence-corrected chi connectivity index (χ2v) is 6.18.